The number of carbonyl (C=O) groups excluding carboxylic acids is 1. The van der Waals surface area contributed by atoms with E-state index in [-0.39, 0.29) is 0 Å². The molecule has 2 amide bonds. The van der Waals surface area contributed by atoms with Crippen LogP contribution in [-0.4, -0.2) is 17.3 Å². The fraction of sp³-hybridized carbons (Fsp3) is 0.500. The second kappa shape index (κ2) is 1.58. The van der Waals surface area contributed by atoms with E-state index in [0.29, 0.717) is 0 Å². The van der Waals surface area contributed by atoms with Crippen LogP contribution in [0.5, 0.6) is 0 Å². The second-order valence-electron chi connectivity index (χ2n) is 1.43. The van der Waals surface area contributed by atoms with Gasteiger partial charge in [-0.3, -0.25) is 11.2 Å². The van der Waals surface area contributed by atoms with Crippen LogP contribution in [0.25, 0.3) is 0 Å². The Morgan fingerprint density at radius 1 is 1.75 bits per heavy atom. The Morgan fingerprint density at radius 2 is 2.38 bits per heavy atom. The van der Waals surface area contributed by atoms with Gasteiger partial charge in [-0.25, -0.2) is 15.6 Å². The van der Waals surface area contributed by atoms with Crippen LogP contribution >= 0.6 is 0 Å². The van der Waals surface area contributed by atoms with Gasteiger partial charge in [-0.05, 0) is 0 Å². The summed E-state index contributed by atoms with van der Waals surface area (Å²) in [5.41, 5.74) is 9.78. The van der Waals surface area contributed by atoms with Crippen molar-refractivity contribution < 1.29 is 4.79 Å². The van der Waals surface area contributed by atoms with Gasteiger partial charge in [0.25, 0.3) is 0 Å². The molecule has 1 atom stereocenters. The molecule has 6 N–H and O–H groups in total. The van der Waals surface area contributed by atoms with Crippen LogP contribution in [0, 0.1) is 0 Å². The molecule has 0 aliphatic carbocycles. The number of nitrogens with two attached hydrogens (primary N) is 2. The highest BCUT2D eigenvalue weighted by molar-refractivity contribution is 5.74. The molecule has 1 rings (SSSR count). The lowest BCUT2D eigenvalue weighted by Gasteiger charge is -2.09. The second-order valence-corrected chi connectivity index (χ2v) is 1.43. The van der Waals surface area contributed by atoms with Crippen LogP contribution in [0.1, 0.15) is 0 Å². The lowest BCUT2D eigenvalue weighted by Crippen LogP contribution is -2.48. The number of hydrogen-bond donors (Lipinski definition) is 4. The van der Waals surface area contributed by atoms with Crippen LogP contribution < -0.4 is 22.4 Å². The van der Waals surface area contributed by atoms with Gasteiger partial charge >= 0.3 is 6.03 Å². The number of hydrogen-bond acceptors (Lipinski definition) is 4. The minimum Gasteiger partial charge on any atom is -0.296 e. The highest BCUT2D eigenvalue weighted by Crippen LogP contribution is 1.86. The number of urea groups is 1. The van der Waals surface area contributed by atoms with Gasteiger partial charge in [-0.15, -0.1) is 0 Å². The van der Waals surface area contributed by atoms with Crippen LogP contribution in [0.2, 0.25) is 0 Å². The molecule has 1 fully saturated rings. The normalized spacial score (nSPS) is 28.5. The first-order valence-corrected chi connectivity index (χ1v) is 2.07. The molecule has 1 saturated heterocycles. The van der Waals surface area contributed by atoms with Crippen molar-refractivity contribution in [2.45, 2.75) is 6.29 Å². The van der Waals surface area contributed by atoms with Gasteiger partial charge in [0.1, 0.15) is 0 Å². The number of amides is 2. The molecule has 0 aromatic heterocycles. The predicted molar refractivity (Wildman–Crippen MR) is 25.7 cm³/mol. The largest absolute Gasteiger partial charge is 0.348 e. The van der Waals surface area contributed by atoms with Crippen molar-refractivity contribution in [2.24, 2.45) is 11.6 Å². The van der Waals surface area contributed by atoms with Gasteiger partial charge in [0.05, 0.1) is 0 Å². The molecular weight excluding hydrogens is 110 g/mol. The van der Waals surface area contributed by atoms with Crippen molar-refractivity contribution in [1.82, 2.24) is 15.9 Å². The summed E-state index contributed by atoms with van der Waals surface area (Å²) >= 11 is 0. The molecule has 1 aliphatic rings. The van der Waals surface area contributed by atoms with Crippen molar-refractivity contribution in [3.05, 3.63) is 0 Å². The average molecular weight is 117 g/mol. The van der Waals surface area contributed by atoms with E-state index in [1.807, 2.05) is 0 Å². The van der Waals surface area contributed by atoms with E-state index < -0.39 is 12.3 Å². The summed E-state index contributed by atoms with van der Waals surface area (Å²) in [5, 5.41) is 0.861. The minimum absolute atomic E-state index is 0.419. The average Bonchev–Trinajstić information content (AvgIpc) is 1.98. The molecule has 6 nitrogen and oxygen atoms in total. The molecule has 0 bridgehead atoms. The minimum atomic E-state index is -0.609. The lowest BCUT2D eigenvalue weighted by molar-refractivity contribution is 0.204. The first kappa shape index (κ1) is 5.29. The van der Waals surface area contributed by atoms with E-state index in [1.54, 1.807) is 0 Å². The van der Waals surface area contributed by atoms with Gasteiger partial charge in [-0.2, -0.15) is 5.43 Å². The molecule has 46 valence electrons. The Labute approximate surface area is 45.7 Å². The van der Waals surface area contributed by atoms with Crippen LogP contribution in [0.15, 0.2) is 0 Å². The molecule has 0 spiro atoms. The van der Waals surface area contributed by atoms with Gasteiger partial charge < -0.3 is 0 Å². The van der Waals surface area contributed by atoms with E-state index in [4.69, 9.17) is 11.6 Å². The zero-order chi connectivity index (χ0) is 6.15. The number of rotatable bonds is 0. The SMILES string of the molecule is NC1NNC(=O)N1N. The van der Waals surface area contributed by atoms with E-state index in [0.717, 1.165) is 5.01 Å². The van der Waals surface area contributed by atoms with Crippen molar-refractivity contribution in [3.8, 4) is 0 Å². The van der Waals surface area contributed by atoms with Crippen molar-refractivity contribution in [3.63, 3.8) is 0 Å². The zero-order valence-corrected chi connectivity index (χ0v) is 4.09. The van der Waals surface area contributed by atoms with E-state index in [1.165, 1.54) is 0 Å². The Balaban J connectivity index is 2.56. The first-order chi connectivity index (χ1) is 3.72. The summed E-state index contributed by atoms with van der Waals surface area (Å²) in [6.45, 7) is 0. The molecule has 0 saturated carbocycles. The van der Waals surface area contributed by atoms with E-state index >= 15 is 0 Å². The maximum absolute atomic E-state index is 10.3. The third kappa shape index (κ3) is 0.601. The number of nitrogens with zero attached hydrogens (tertiary/aromatic N) is 1. The topological polar surface area (TPSA) is 96.4 Å². The summed E-state index contributed by atoms with van der Waals surface area (Å²) < 4.78 is 0. The van der Waals surface area contributed by atoms with Crippen LogP contribution in [0.3, 0.4) is 0 Å². The molecule has 0 aromatic carbocycles. The third-order valence-corrected chi connectivity index (χ3v) is 0.861. The van der Waals surface area contributed by atoms with Crippen LogP contribution in [0.4, 0.5) is 4.79 Å². The molecule has 8 heavy (non-hydrogen) atoms. The highest BCUT2D eigenvalue weighted by Gasteiger charge is 2.23. The van der Waals surface area contributed by atoms with Gasteiger partial charge in [-0.1, -0.05) is 0 Å². The molecule has 1 aliphatic heterocycles. The summed E-state index contributed by atoms with van der Waals surface area (Å²) in [6, 6.07) is -0.419. The molecule has 1 unspecified atom stereocenters. The number of carbonyl (C=O) groups is 1. The standard InChI is InChI=1S/C2H7N5O/c3-1-5-6-2(8)7(1)4/h1,5H,3-4H2,(H,6,8). The van der Waals surface area contributed by atoms with Crippen molar-refractivity contribution in [1.29, 1.82) is 0 Å². The van der Waals surface area contributed by atoms with Crippen LogP contribution in [-0.2, 0) is 0 Å². The summed E-state index contributed by atoms with van der Waals surface area (Å²) in [4.78, 5) is 10.3. The van der Waals surface area contributed by atoms with E-state index in [9.17, 15) is 4.79 Å². The van der Waals surface area contributed by atoms with E-state index in [2.05, 4.69) is 10.9 Å². The molecule has 0 aromatic rings. The molecular formula is C2H7N5O. The van der Waals surface area contributed by atoms with Crippen molar-refractivity contribution in [2.75, 3.05) is 0 Å². The Hall–Kier alpha value is -0.850. The quantitative estimate of drug-likeness (QED) is 0.210. The smallest absolute Gasteiger partial charge is 0.296 e. The Morgan fingerprint density at radius 3 is 2.50 bits per heavy atom. The monoisotopic (exact) mass is 117 g/mol. The van der Waals surface area contributed by atoms with Gasteiger partial charge in [0.15, 0.2) is 6.29 Å². The highest BCUT2D eigenvalue weighted by atomic mass is 16.2. The Kier molecular flexibility index (Phi) is 1.05. The number of nitrogens with one attached hydrogen (secondary N) is 2. The maximum atomic E-state index is 10.3. The molecule has 1 heterocycles. The Bertz CT molecular complexity index is 113. The lowest BCUT2D eigenvalue weighted by atomic mass is 10.8. The molecule has 0 radical (unpaired) electrons. The first-order valence-electron chi connectivity index (χ1n) is 2.07. The summed E-state index contributed by atoms with van der Waals surface area (Å²) in [7, 11) is 0. The fourth-order valence-corrected chi connectivity index (χ4v) is 0.396. The summed E-state index contributed by atoms with van der Waals surface area (Å²) in [6.07, 6.45) is -0.609. The zero-order valence-electron chi connectivity index (χ0n) is 4.09. The summed E-state index contributed by atoms with van der Waals surface area (Å²) in [5.74, 6) is 5.06. The van der Waals surface area contributed by atoms with Gasteiger partial charge in [0, 0.05) is 0 Å². The maximum Gasteiger partial charge on any atom is 0.348 e. The van der Waals surface area contributed by atoms with Gasteiger partial charge in [0.2, 0.25) is 0 Å². The fourth-order valence-electron chi connectivity index (χ4n) is 0.396. The predicted octanol–water partition coefficient (Wildman–Crippen LogP) is -2.37. The van der Waals surface area contributed by atoms with Crippen molar-refractivity contribution >= 4 is 6.03 Å². The number of hydrazine groups is 2. The third-order valence-electron chi connectivity index (χ3n) is 0.861. The molecule has 6 heteroatoms.